The van der Waals surface area contributed by atoms with Crippen LogP contribution in [0.1, 0.15) is 24.2 Å². The van der Waals surface area contributed by atoms with Crippen LogP contribution in [0.15, 0.2) is 34.9 Å². The van der Waals surface area contributed by atoms with Crippen LogP contribution in [0.4, 0.5) is 0 Å². The zero-order valence-electron chi connectivity index (χ0n) is 13.5. The summed E-state index contributed by atoms with van der Waals surface area (Å²) in [5.74, 6) is 0.587. The summed E-state index contributed by atoms with van der Waals surface area (Å²) in [5.41, 5.74) is 1.08. The summed E-state index contributed by atoms with van der Waals surface area (Å²) in [6, 6.07) is 8.94. The van der Waals surface area contributed by atoms with E-state index in [-0.39, 0.29) is 6.54 Å². The molecule has 130 valence electrons. The minimum absolute atomic E-state index is 0.279. The molecule has 8 nitrogen and oxygen atoms in total. The Bertz CT molecular complexity index is 774. The molecule has 0 saturated heterocycles. The highest BCUT2D eigenvalue weighted by atomic mass is 32.2. The van der Waals surface area contributed by atoms with Gasteiger partial charge in [0.25, 0.3) is 0 Å². The molecule has 2 aromatic rings. The van der Waals surface area contributed by atoms with E-state index >= 15 is 0 Å². The SMILES string of the molecule is C[C@H](NS(C)(=O)=O)C(=O)NCCc1nc(Cc2ccccc2)no1. The number of carbonyl (C=O) groups excluding carboxylic acids is 1. The highest BCUT2D eigenvalue weighted by Gasteiger charge is 2.16. The first-order chi connectivity index (χ1) is 11.3. The molecule has 0 aliphatic rings. The zero-order chi connectivity index (χ0) is 17.6. The molecule has 0 unspecified atom stereocenters. The highest BCUT2D eigenvalue weighted by molar-refractivity contribution is 7.88. The van der Waals surface area contributed by atoms with Gasteiger partial charge in [0, 0.05) is 19.4 Å². The van der Waals surface area contributed by atoms with E-state index in [4.69, 9.17) is 4.52 Å². The van der Waals surface area contributed by atoms with Gasteiger partial charge in [0.05, 0.1) is 12.3 Å². The van der Waals surface area contributed by atoms with Crippen LogP contribution in [0.3, 0.4) is 0 Å². The quantitative estimate of drug-likeness (QED) is 0.704. The van der Waals surface area contributed by atoms with E-state index in [0.717, 1.165) is 11.8 Å². The predicted octanol–water partition coefficient (Wildman–Crippen LogP) is 0.257. The smallest absolute Gasteiger partial charge is 0.237 e. The van der Waals surface area contributed by atoms with Crippen LogP contribution in [0.25, 0.3) is 0 Å². The maximum Gasteiger partial charge on any atom is 0.237 e. The van der Waals surface area contributed by atoms with Crippen molar-refractivity contribution in [1.29, 1.82) is 0 Å². The second-order valence-electron chi connectivity index (χ2n) is 5.42. The molecule has 0 aliphatic carbocycles. The lowest BCUT2D eigenvalue weighted by Gasteiger charge is -2.11. The van der Waals surface area contributed by atoms with Crippen LogP contribution in [0.2, 0.25) is 0 Å². The Kier molecular flexibility index (Phi) is 6.04. The molecule has 1 atom stereocenters. The zero-order valence-corrected chi connectivity index (χ0v) is 14.3. The predicted molar refractivity (Wildman–Crippen MR) is 87.7 cm³/mol. The van der Waals surface area contributed by atoms with Crippen LogP contribution in [-0.2, 0) is 27.7 Å². The molecule has 0 aliphatic heterocycles. The van der Waals surface area contributed by atoms with Crippen molar-refractivity contribution in [3.05, 3.63) is 47.6 Å². The standard InChI is InChI=1S/C15H20N4O4S/c1-11(19-24(2,21)22)15(20)16-9-8-14-17-13(18-23-14)10-12-6-4-3-5-7-12/h3-7,11,19H,8-10H2,1-2H3,(H,16,20)/t11-/m0/s1. The summed E-state index contributed by atoms with van der Waals surface area (Å²) >= 11 is 0. The molecule has 0 radical (unpaired) electrons. The molecular formula is C15H20N4O4S. The third-order valence-electron chi connectivity index (χ3n) is 3.14. The average Bonchev–Trinajstić information content (AvgIpc) is 2.94. The van der Waals surface area contributed by atoms with E-state index in [9.17, 15) is 13.2 Å². The molecule has 1 aromatic heterocycles. The Morgan fingerprint density at radius 1 is 1.29 bits per heavy atom. The molecule has 0 saturated carbocycles. The van der Waals surface area contributed by atoms with Crippen LogP contribution < -0.4 is 10.0 Å². The third kappa shape index (κ3) is 6.09. The van der Waals surface area contributed by atoms with Gasteiger partial charge in [-0.1, -0.05) is 35.5 Å². The van der Waals surface area contributed by atoms with Gasteiger partial charge >= 0.3 is 0 Å². The van der Waals surface area contributed by atoms with Crippen molar-refractivity contribution in [3.63, 3.8) is 0 Å². The number of hydrogen-bond acceptors (Lipinski definition) is 6. The van der Waals surface area contributed by atoms with Gasteiger partial charge in [0.2, 0.25) is 21.8 Å². The Hall–Kier alpha value is -2.26. The second kappa shape index (κ2) is 8.02. The number of amides is 1. The molecule has 2 rings (SSSR count). The van der Waals surface area contributed by atoms with Gasteiger partial charge in [-0.2, -0.15) is 4.98 Å². The van der Waals surface area contributed by atoms with E-state index in [0.29, 0.717) is 24.6 Å². The van der Waals surface area contributed by atoms with Crippen molar-refractivity contribution in [2.24, 2.45) is 0 Å². The summed E-state index contributed by atoms with van der Waals surface area (Å²) < 4.78 is 29.5. The van der Waals surface area contributed by atoms with Crippen molar-refractivity contribution >= 4 is 15.9 Å². The fourth-order valence-corrected chi connectivity index (χ4v) is 2.81. The lowest BCUT2D eigenvalue weighted by Crippen LogP contribution is -2.44. The fraction of sp³-hybridized carbons (Fsp3) is 0.400. The van der Waals surface area contributed by atoms with E-state index < -0.39 is 22.0 Å². The number of aromatic nitrogens is 2. The number of nitrogens with one attached hydrogen (secondary N) is 2. The molecule has 1 heterocycles. The molecule has 1 amide bonds. The Morgan fingerprint density at radius 3 is 2.67 bits per heavy atom. The van der Waals surface area contributed by atoms with Gasteiger partial charge in [-0.3, -0.25) is 4.79 Å². The summed E-state index contributed by atoms with van der Waals surface area (Å²) in [6.07, 6.45) is 1.95. The molecule has 0 bridgehead atoms. The number of sulfonamides is 1. The first-order valence-corrected chi connectivity index (χ1v) is 9.33. The lowest BCUT2D eigenvalue weighted by molar-refractivity contribution is -0.122. The molecule has 24 heavy (non-hydrogen) atoms. The molecule has 0 spiro atoms. The highest BCUT2D eigenvalue weighted by Crippen LogP contribution is 2.06. The van der Waals surface area contributed by atoms with Gasteiger partial charge < -0.3 is 9.84 Å². The largest absolute Gasteiger partial charge is 0.354 e. The summed E-state index contributed by atoms with van der Waals surface area (Å²) in [5, 5.41) is 6.52. The Morgan fingerprint density at radius 2 is 2.00 bits per heavy atom. The lowest BCUT2D eigenvalue weighted by atomic mass is 10.1. The van der Waals surface area contributed by atoms with Gasteiger partial charge in [-0.05, 0) is 12.5 Å². The summed E-state index contributed by atoms with van der Waals surface area (Å²) in [7, 11) is -3.42. The first-order valence-electron chi connectivity index (χ1n) is 7.44. The van der Waals surface area contributed by atoms with Crippen molar-refractivity contribution in [2.45, 2.75) is 25.8 Å². The molecule has 1 aromatic carbocycles. The van der Waals surface area contributed by atoms with E-state index in [1.54, 1.807) is 0 Å². The molecule has 0 fully saturated rings. The first kappa shape index (κ1) is 18.1. The Labute approximate surface area is 140 Å². The third-order valence-corrected chi connectivity index (χ3v) is 3.92. The van der Waals surface area contributed by atoms with Gasteiger partial charge in [-0.25, -0.2) is 13.1 Å². The number of carbonyl (C=O) groups is 1. The monoisotopic (exact) mass is 352 g/mol. The van der Waals surface area contributed by atoms with Crippen LogP contribution >= 0.6 is 0 Å². The van der Waals surface area contributed by atoms with Crippen molar-refractivity contribution in [2.75, 3.05) is 12.8 Å². The second-order valence-corrected chi connectivity index (χ2v) is 7.20. The minimum Gasteiger partial charge on any atom is -0.354 e. The van der Waals surface area contributed by atoms with E-state index in [2.05, 4.69) is 20.2 Å². The topological polar surface area (TPSA) is 114 Å². The fourth-order valence-electron chi connectivity index (χ4n) is 2.06. The van der Waals surface area contributed by atoms with Gasteiger partial charge in [0.15, 0.2) is 5.82 Å². The van der Waals surface area contributed by atoms with Crippen molar-refractivity contribution < 1.29 is 17.7 Å². The van der Waals surface area contributed by atoms with E-state index in [1.807, 2.05) is 30.3 Å². The number of nitrogens with zero attached hydrogens (tertiary/aromatic N) is 2. The van der Waals surface area contributed by atoms with Crippen LogP contribution in [0.5, 0.6) is 0 Å². The minimum atomic E-state index is -3.42. The van der Waals surface area contributed by atoms with Crippen LogP contribution in [-0.4, -0.2) is 43.3 Å². The number of hydrogen-bond donors (Lipinski definition) is 2. The molecule has 2 N–H and O–H groups in total. The maximum atomic E-state index is 11.8. The maximum absolute atomic E-state index is 11.8. The van der Waals surface area contributed by atoms with Crippen molar-refractivity contribution in [1.82, 2.24) is 20.2 Å². The molecular weight excluding hydrogens is 332 g/mol. The Balaban J connectivity index is 1.78. The molecule has 9 heteroatoms. The average molecular weight is 352 g/mol. The van der Waals surface area contributed by atoms with Crippen LogP contribution in [0, 0.1) is 0 Å². The normalized spacial score (nSPS) is 12.8. The van der Waals surface area contributed by atoms with Crippen molar-refractivity contribution in [3.8, 4) is 0 Å². The summed E-state index contributed by atoms with van der Waals surface area (Å²) in [6.45, 7) is 1.75. The number of rotatable bonds is 8. The van der Waals surface area contributed by atoms with Gasteiger partial charge in [0.1, 0.15) is 0 Å². The number of benzene rings is 1. The summed E-state index contributed by atoms with van der Waals surface area (Å²) in [4.78, 5) is 16.0. The van der Waals surface area contributed by atoms with Gasteiger partial charge in [-0.15, -0.1) is 0 Å². The van der Waals surface area contributed by atoms with E-state index in [1.165, 1.54) is 6.92 Å².